The van der Waals surface area contributed by atoms with Crippen molar-refractivity contribution in [2.45, 2.75) is 19.3 Å². The average molecular weight is 450 g/mol. The van der Waals surface area contributed by atoms with Crippen LogP contribution in [0.15, 0.2) is 97.1 Å². The Morgan fingerprint density at radius 1 is 0.562 bits per heavy atom. The Labute approximate surface area is 193 Å². The van der Waals surface area contributed by atoms with Crippen molar-refractivity contribution < 1.29 is 4.74 Å². The van der Waals surface area contributed by atoms with Crippen LogP contribution in [0.2, 0.25) is 0 Å². The van der Waals surface area contributed by atoms with Crippen molar-refractivity contribution in [2.75, 3.05) is 0 Å². The third kappa shape index (κ3) is 4.07. The molecule has 0 amide bonds. The van der Waals surface area contributed by atoms with Gasteiger partial charge in [0.2, 0.25) is 0 Å². The van der Waals surface area contributed by atoms with E-state index in [1.54, 1.807) is 0 Å². The Bertz CT molecular complexity index is 1200. The predicted octanol–water partition coefficient (Wildman–Crippen LogP) is 6.96. The number of ether oxygens (including phenoxy) is 1. The van der Waals surface area contributed by atoms with Crippen LogP contribution in [-0.2, 0) is 5.41 Å². The molecular weight excluding hydrogens is 426 g/mol. The summed E-state index contributed by atoms with van der Waals surface area (Å²) in [4.78, 5) is 0. The van der Waals surface area contributed by atoms with E-state index in [0.717, 1.165) is 27.9 Å². The van der Waals surface area contributed by atoms with Crippen LogP contribution in [0.1, 0.15) is 36.1 Å². The highest BCUT2D eigenvalue weighted by atomic mass is 31.1. The zero-order valence-corrected chi connectivity index (χ0v) is 20.0. The molecule has 1 aliphatic rings. The van der Waals surface area contributed by atoms with Crippen LogP contribution >= 0.6 is 16.4 Å². The molecule has 0 aliphatic carbocycles. The standard InChI is InChI=1S/C29H24OP2/c1-29(2)23-15-9-17-25(31-19-21-11-5-3-6-12-21)27(23)30-28-24(29)16-10-18-26(28)32-20-22-13-7-4-8-14-22/h3-20H,1-2H3. The highest BCUT2D eigenvalue weighted by molar-refractivity contribution is 7.48. The first-order valence-electron chi connectivity index (χ1n) is 10.8. The summed E-state index contributed by atoms with van der Waals surface area (Å²) in [6, 6.07) is 34.0. The van der Waals surface area contributed by atoms with Gasteiger partial charge in [-0.3, -0.25) is 0 Å². The minimum absolute atomic E-state index is 0.126. The lowest BCUT2D eigenvalue weighted by atomic mass is 9.76. The van der Waals surface area contributed by atoms with Gasteiger partial charge in [-0.15, -0.1) is 0 Å². The molecule has 4 aromatic rings. The molecule has 156 valence electrons. The molecule has 4 aromatic carbocycles. The summed E-state index contributed by atoms with van der Waals surface area (Å²) < 4.78 is 6.70. The smallest absolute Gasteiger partial charge is 0.143 e. The van der Waals surface area contributed by atoms with Crippen LogP contribution in [0.4, 0.5) is 0 Å². The maximum absolute atomic E-state index is 6.70. The Balaban J connectivity index is 1.57. The van der Waals surface area contributed by atoms with Crippen molar-refractivity contribution in [3.05, 3.63) is 119 Å². The van der Waals surface area contributed by atoms with Gasteiger partial charge in [0.15, 0.2) is 0 Å². The lowest BCUT2D eigenvalue weighted by Crippen LogP contribution is -2.28. The molecule has 0 radical (unpaired) electrons. The molecule has 5 rings (SSSR count). The van der Waals surface area contributed by atoms with E-state index in [2.05, 4.69) is 110 Å². The summed E-state index contributed by atoms with van der Waals surface area (Å²) in [6.45, 7) is 4.60. The van der Waals surface area contributed by atoms with Gasteiger partial charge in [-0.2, -0.15) is 0 Å². The molecule has 0 saturated heterocycles. The minimum Gasteiger partial charge on any atom is -0.455 e. The van der Waals surface area contributed by atoms with E-state index in [0.29, 0.717) is 0 Å². The van der Waals surface area contributed by atoms with E-state index in [-0.39, 0.29) is 5.41 Å². The SMILES string of the molecule is CC1(C)c2cccc(P=Cc3ccccc3)c2Oc2c(P=Cc3ccccc3)cccc21. The number of para-hydroxylation sites is 2. The van der Waals surface area contributed by atoms with Crippen LogP contribution < -0.4 is 15.3 Å². The molecule has 0 bridgehead atoms. The van der Waals surface area contributed by atoms with Gasteiger partial charge in [0.25, 0.3) is 0 Å². The van der Waals surface area contributed by atoms with Crippen molar-refractivity contribution in [1.82, 2.24) is 0 Å². The Hall–Kier alpha value is -2.98. The maximum Gasteiger partial charge on any atom is 0.143 e. The van der Waals surface area contributed by atoms with Crippen molar-refractivity contribution in [3.8, 4) is 11.5 Å². The summed E-state index contributed by atoms with van der Waals surface area (Å²) in [5.74, 6) is 6.49. The second-order valence-electron chi connectivity index (χ2n) is 8.37. The summed E-state index contributed by atoms with van der Waals surface area (Å²) in [5.41, 5.74) is 4.81. The molecule has 32 heavy (non-hydrogen) atoms. The molecule has 0 spiro atoms. The summed E-state index contributed by atoms with van der Waals surface area (Å²) in [5, 5.41) is 2.40. The van der Waals surface area contributed by atoms with Crippen LogP contribution in [0.3, 0.4) is 0 Å². The van der Waals surface area contributed by atoms with E-state index in [1.807, 2.05) is 12.1 Å². The molecule has 0 saturated carbocycles. The van der Waals surface area contributed by atoms with E-state index in [9.17, 15) is 0 Å². The van der Waals surface area contributed by atoms with Gasteiger partial charge in [0, 0.05) is 27.2 Å². The lowest BCUT2D eigenvalue weighted by Gasteiger charge is -2.35. The van der Waals surface area contributed by atoms with Gasteiger partial charge in [-0.05, 0) is 34.9 Å². The van der Waals surface area contributed by atoms with Gasteiger partial charge in [0.1, 0.15) is 11.5 Å². The first kappa shape index (κ1) is 20.9. The molecule has 3 heteroatoms. The Morgan fingerprint density at radius 3 is 1.44 bits per heavy atom. The van der Waals surface area contributed by atoms with Crippen molar-refractivity contribution in [2.24, 2.45) is 0 Å². The second-order valence-corrected chi connectivity index (χ2v) is 10.4. The van der Waals surface area contributed by atoms with E-state index < -0.39 is 0 Å². The third-order valence-electron chi connectivity index (χ3n) is 5.84. The molecule has 1 nitrogen and oxygen atoms in total. The van der Waals surface area contributed by atoms with Gasteiger partial charge in [-0.1, -0.05) is 115 Å². The molecule has 1 heterocycles. The summed E-state index contributed by atoms with van der Waals surface area (Å²) in [6.07, 6.45) is 0. The topological polar surface area (TPSA) is 9.23 Å². The van der Waals surface area contributed by atoms with Gasteiger partial charge >= 0.3 is 0 Å². The van der Waals surface area contributed by atoms with E-state index in [4.69, 9.17) is 4.74 Å². The Morgan fingerprint density at radius 2 is 1.00 bits per heavy atom. The highest BCUT2D eigenvalue weighted by Crippen LogP contribution is 2.47. The van der Waals surface area contributed by atoms with Gasteiger partial charge in [0.05, 0.1) is 0 Å². The highest BCUT2D eigenvalue weighted by Gasteiger charge is 2.36. The third-order valence-corrected chi connectivity index (χ3v) is 7.96. The van der Waals surface area contributed by atoms with Crippen LogP contribution in [-0.4, -0.2) is 11.6 Å². The summed E-state index contributed by atoms with van der Waals surface area (Å²) in [7, 11) is 2.27. The zero-order chi connectivity index (χ0) is 22.0. The van der Waals surface area contributed by atoms with Gasteiger partial charge in [-0.25, -0.2) is 0 Å². The first-order valence-corrected chi connectivity index (χ1v) is 12.7. The summed E-state index contributed by atoms with van der Waals surface area (Å²) >= 11 is 0. The predicted molar refractivity (Wildman–Crippen MR) is 141 cm³/mol. The molecular formula is C29H24OP2. The van der Waals surface area contributed by atoms with Crippen LogP contribution in [0, 0.1) is 0 Å². The molecule has 0 fully saturated rings. The van der Waals surface area contributed by atoms with Crippen molar-refractivity contribution in [1.29, 1.82) is 0 Å². The minimum atomic E-state index is -0.126. The maximum atomic E-state index is 6.70. The second kappa shape index (κ2) is 8.87. The number of rotatable bonds is 4. The normalized spacial score (nSPS) is 14.2. The number of fused-ring (bicyclic) bond motifs is 2. The van der Waals surface area contributed by atoms with E-state index >= 15 is 0 Å². The number of hydrogen-bond donors (Lipinski definition) is 0. The number of benzene rings is 4. The fraction of sp³-hybridized carbons (Fsp3) is 0.103. The van der Waals surface area contributed by atoms with Crippen molar-refractivity contribution >= 4 is 38.6 Å². The van der Waals surface area contributed by atoms with Crippen LogP contribution in [0.5, 0.6) is 11.5 Å². The Kier molecular flexibility index (Phi) is 5.79. The molecule has 1 aliphatic heterocycles. The fourth-order valence-electron chi connectivity index (χ4n) is 4.07. The molecule has 0 N–H and O–H groups in total. The monoisotopic (exact) mass is 450 g/mol. The first-order chi connectivity index (χ1) is 15.6. The average Bonchev–Trinajstić information content (AvgIpc) is 2.83. The molecule has 0 unspecified atom stereocenters. The largest absolute Gasteiger partial charge is 0.455 e. The zero-order valence-electron chi connectivity index (χ0n) is 18.2. The molecule has 0 atom stereocenters. The van der Waals surface area contributed by atoms with Crippen molar-refractivity contribution in [3.63, 3.8) is 0 Å². The fourth-order valence-corrected chi connectivity index (χ4v) is 5.90. The molecule has 0 aromatic heterocycles. The quantitative estimate of drug-likeness (QED) is 0.305. The van der Waals surface area contributed by atoms with Crippen LogP contribution in [0.25, 0.3) is 0 Å². The lowest BCUT2D eigenvalue weighted by molar-refractivity contribution is 0.425. The number of hydrogen-bond acceptors (Lipinski definition) is 1. The van der Waals surface area contributed by atoms with E-state index in [1.165, 1.54) is 32.9 Å². The van der Waals surface area contributed by atoms with Gasteiger partial charge < -0.3 is 4.74 Å².